The molecule has 3 aromatic heterocycles. The van der Waals surface area contributed by atoms with E-state index in [-0.39, 0.29) is 5.91 Å². The number of aromatic nitrogens is 5. The van der Waals surface area contributed by atoms with Crippen molar-refractivity contribution in [1.29, 1.82) is 0 Å². The van der Waals surface area contributed by atoms with Gasteiger partial charge in [0.25, 0.3) is 5.91 Å². The summed E-state index contributed by atoms with van der Waals surface area (Å²) in [6.07, 6.45) is 7.27. The monoisotopic (exact) mass is 428 g/mol. The highest BCUT2D eigenvalue weighted by molar-refractivity contribution is 6.06. The first-order valence-corrected chi connectivity index (χ1v) is 10.7. The first-order chi connectivity index (χ1) is 15.6. The summed E-state index contributed by atoms with van der Waals surface area (Å²) in [6.45, 7) is 5.31. The van der Waals surface area contributed by atoms with Gasteiger partial charge in [0.05, 0.1) is 24.2 Å². The molecule has 162 valence electrons. The number of rotatable bonds is 1. The van der Waals surface area contributed by atoms with Crippen LogP contribution in [-0.2, 0) is 6.54 Å². The molecule has 4 aromatic rings. The van der Waals surface area contributed by atoms with Crippen LogP contribution < -0.4 is 10.1 Å². The highest BCUT2D eigenvalue weighted by Gasteiger charge is 2.18. The number of benzene rings is 1. The number of hydrogen-bond acceptors (Lipinski definition) is 5. The molecule has 0 spiro atoms. The summed E-state index contributed by atoms with van der Waals surface area (Å²) in [5, 5.41) is 2.92. The van der Waals surface area contributed by atoms with E-state index in [0.29, 0.717) is 23.7 Å². The normalized spacial score (nSPS) is 14.0. The molecule has 1 aromatic carbocycles. The molecule has 32 heavy (non-hydrogen) atoms. The van der Waals surface area contributed by atoms with Crippen LogP contribution in [0.15, 0.2) is 55.1 Å². The van der Waals surface area contributed by atoms with Gasteiger partial charge >= 0.3 is 0 Å². The zero-order chi connectivity index (χ0) is 22.1. The highest BCUT2D eigenvalue weighted by atomic mass is 16.5. The Bertz CT molecular complexity index is 1290. The van der Waals surface area contributed by atoms with Gasteiger partial charge in [-0.15, -0.1) is 0 Å². The van der Waals surface area contributed by atoms with Gasteiger partial charge in [-0.05, 0) is 57.0 Å². The predicted octanol–water partition coefficient (Wildman–Crippen LogP) is 4.17. The zero-order valence-electron chi connectivity index (χ0n) is 18.1. The average Bonchev–Trinajstić information content (AvgIpc) is 3.40. The van der Waals surface area contributed by atoms with Crippen molar-refractivity contribution in [2.75, 3.05) is 11.9 Å². The van der Waals surface area contributed by atoms with Crippen LogP contribution in [-0.4, -0.2) is 36.6 Å². The second-order valence-electron chi connectivity index (χ2n) is 7.83. The molecule has 0 fully saturated rings. The molecule has 1 aliphatic rings. The quantitative estimate of drug-likeness (QED) is 0.492. The summed E-state index contributed by atoms with van der Waals surface area (Å²) >= 11 is 0. The summed E-state index contributed by atoms with van der Waals surface area (Å²) in [5.74, 6) is 1.52. The van der Waals surface area contributed by atoms with Crippen LogP contribution in [0.1, 0.15) is 34.6 Å². The van der Waals surface area contributed by atoms with Gasteiger partial charge in [-0.2, -0.15) is 0 Å². The van der Waals surface area contributed by atoms with Gasteiger partial charge in [0, 0.05) is 30.3 Å². The maximum atomic E-state index is 13.3. The van der Waals surface area contributed by atoms with Crippen LogP contribution in [0, 0.1) is 13.8 Å². The molecule has 0 aliphatic carbocycles. The molecule has 0 saturated heterocycles. The van der Waals surface area contributed by atoms with Crippen LogP contribution in [0.2, 0.25) is 0 Å². The molecule has 1 N–H and O–H groups in total. The predicted molar refractivity (Wildman–Crippen MR) is 121 cm³/mol. The van der Waals surface area contributed by atoms with Crippen molar-refractivity contribution in [2.24, 2.45) is 0 Å². The Kier molecular flexibility index (Phi) is 5.18. The van der Waals surface area contributed by atoms with Crippen molar-refractivity contribution in [3.63, 3.8) is 0 Å². The number of nitrogens with one attached hydrogen (secondary N) is 1. The van der Waals surface area contributed by atoms with Gasteiger partial charge in [-0.1, -0.05) is 6.07 Å². The number of carbonyl (C=O) groups is 1. The second-order valence-corrected chi connectivity index (χ2v) is 7.83. The van der Waals surface area contributed by atoms with Crippen molar-refractivity contribution in [1.82, 2.24) is 24.1 Å². The van der Waals surface area contributed by atoms with E-state index in [0.717, 1.165) is 48.0 Å². The second kappa shape index (κ2) is 8.30. The fraction of sp³-hybridized carbons (Fsp3) is 0.250. The summed E-state index contributed by atoms with van der Waals surface area (Å²) in [5.41, 5.74) is 4.01. The van der Waals surface area contributed by atoms with Gasteiger partial charge < -0.3 is 19.2 Å². The number of hydrogen-bond donors (Lipinski definition) is 1. The van der Waals surface area contributed by atoms with Gasteiger partial charge in [0.15, 0.2) is 5.82 Å². The van der Waals surface area contributed by atoms with Crippen LogP contribution in [0.3, 0.4) is 0 Å². The van der Waals surface area contributed by atoms with Crippen molar-refractivity contribution < 1.29 is 9.53 Å². The van der Waals surface area contributed by atoms with Crippen LogP contribution in [0.25, 0.3) is 17.2 Å². The minimum absolute atomic E-state index is 0.276. The van der Waals surface area contributed by atoms with Crippen LogP contribution >= 0.6 is 0 Å². The van der Waals surface area contributed by atoms with Crippen molar-refractivity contribution in [3.05, 3.63) is 72.1 Å². The number of pyridine rings is 1. The molecule has 0 unspecified atom stereocenters. The third-order valence-corrected chi connectivity index (χ3v) is 5.72. The van der Waals surface area contributed by atoms with E-state index in [9.17, 15) is 4.79 Å². The van der Waals surface area contributed by atoms with E-state index in [2.05, 4.69) is 24.8 Å². The number of aryl methyl sites for hydroxylation is 2. The Morgan fingerprint density at radius 2 is 2.00 bits per heavy atom. The van der Waals surface area contributed by atoms with Gasteiger partial charge in [-0.3, -0.25) is 4.79 Å². The molecule has 0 saturated carbocycles. The number of nitrogens with zero attached hydrogens (tertiary/aromatic N) is 5. The van der Waals surface area contributed by atoms with Gasteiger partial charge in [-0.25, -0.2) is 15.0 Å². The standard InChI is InChI=1S/C24H24N6O2/c1-16-17(2)30(15-26-16)18-8-9-21-19(14-18)24(31)28-22-7-5-6-20(27-22)23-25-10-12-29(23)11-3-4-13-32-21/h5-10,12,14-15H,3-4,11,13H2,1-2H3,(H,27,28,31). The first kappa shape index (κ1) is 20.0. The number of carbonyl (C=O) groups excluding carboxylic acids is 1. The zero-order valence-corrected chi connectivity index (χ0v) is 18.1. The number of imidazole rings is 2. The van der Waals surface area contributed by atoms with Crippen molar-refractivity contribution in [3.8, 4) is 23.0 Å². The largest absolute Gasteiger partial charge is 0.493 e. The maximum absolute atomic E-state index is 13.3. The molecule has 1 amide bonds. The van der Waals surface area contributed by atoms with E-state index >= 15 is 0 Å². The third-order valence-electron chi connectivity index (χ3n) is 5.72. The Morgan fingerprint density at radius 1 is 1.09 bits per heavy atom. The molecule has 0 atom stereocenters. The van der Waals surface area contributed by atoms with Crippen LogP contribution in [0.4, 0.5) is 5.82 Å². The molecule has 8 heteroatoms. The van der Waals surface area contributed by atoms with E-state index in [4.69, 9.17) is 4.74 Å². The maximum Gasteiger partial charge on any atom is 0.260 e. The number of fused-ring (bicyclic) bond motifs is 5. The minimum atomic E-state index is -0.276. The Hall–Kier alpha value is -3.94. The average molecular weight is 428 g/mol. The Balaban J connectivity index is 1.55. The molecular weight excluding hydrogens is 404 g/mol. The summed E-state index contributed by atoms with van der Waals surface area (Å²) < 4.78 is 10.1. The molecule has 5 rings (SSSR count). The summed E-state index contributed by atoms with van der Waals surface area (Å²) in [4.78, 5) is 26.7. The molecule has 1 aliphatic heterocycles. The SMILES string of the molecule is Cc1ncn(-c2ccc3c(c2)C(=O)Nc2cccc(n2)-c2nccn2CCCCO3)c1C. The Morgan fingerprint density at radius 3 is 2.84 bits per heavy atom. The molecule has 2 bridgehead atoms. The third kappa shape index (κ3) is 3.75. The van der Waals surface area contributed by atoms with E-state index < -0.39 is 0 Å². The minimum Gasteiger partial charge on any atom is -0.493 e. The smallest absolute Gasteiger partial charge is 0.260 e. The van der Waals surface area contributed by atoms with E-state index in [1.165, 1.54) is 0 Å². The molecular formula is C24H24N6O2. The van der Waals surface area contributed by atoms with Gasteiger partial charge in [0.2, 0.25) is 0 Å². The summed E-state index contributed by atoms with van der Waals surface area (Å²) in [7, 11) is 0. The topological polar surface area (TPSA) is 86.9 Å². The lowest BCUT2D eigenvalue weighted by Gasteiger charge is -2.16. The molecule has 4 heterocycles. The van der Waals surface area contributed by atoms with E-state index in [1.54, 1.807) is 18.6 Å². The van der Waals surface area contributed by atoms with Gasteiger partial charge in [0.1, 0.15) is 17.3 Å². The lowest BCUT2D eigenvalue weighted by molar-refractivity contribution is 0.102. The lowest BCUT2D eigenvalue weighted by atomic mass is 10.1. The fourth-order valence-corrected chi connectivity index (χ4v) is 3.83. The lowest BCUT2D eigenvalue weighted by Crippen LogP contribution is -2.16. The van der Waals surface area contributed by atoms with Crippen molar-refractivity contribution >= 4 is 11.7 Å². The summed E-state index contributed by atoms with van der Waals surface area (Å²) in [6, 6.07) is 11.2. The van der Waals surface area contributed by atoms with Crippen molar-refractivity contribution in [2.45, 2.75) is 33.2 Å². The first-order valence-electron chi connectivity index (χ1n) is 10.7. The fourth-order valence-electron chi connectivity index (χ4n) is 3.83. The van der Waals surface area contributed by atoms with E-state index in [1.807, 2.05) is 54.9 Å². The number of ether oxygens (including phenoxy) is 1. The van der Waals surface area contributed by atoms with Crippen LogP contribution in [0.5, 0.6) is 5.75 Å². The number of amides is 1. The molecule has 0 radical (unpaired) electrons. The highest BCUT2D eigenvalue weighted by Crippen LogP contribution is 2.26. The molecule has 8 nitrogen and oxygen atoms in total. The number of anilines is 1. The Labute approximate surface area is 185 Å².